The molecule has 3 aromatic rings. The Bertz CT molecular complexity index is 1200. The molecule has 0 aliphatic rings. The summed E-state index contributed by atoms with van der Waals surface area (Å²) in [4.78, 5) is 0. The highest BCUT2D eigenvalue weighted by Crippen LogP contribution is 2.43. The summed E-state index contributed by atoms with van der Waals surface area (Å²) in [6, 6.07) is 11.2. The molecule has 8 heteroatoms. The quantitative estimate of drug-likeness (QED) is 0.361. The predicted octanol–water partition coefficient (Wildman–Crippen LogP) is 7.28. The highest BCUT2D eigenvalue weighted by atomic mass is 19.3. The van der Waals surface area contributed by atoms with E-state index in [4.69, 9.17) is 5.73 Å². The van der Waals surface area contributed by atoms with Gasteiger partial charge < -0.3 is 11.1 Å². The van der Waals surface area contributed by atoms with Crippen molar-refractivity contribution in [2.75, 3.05) is 5.32 Å². The van der Waals surface area contributed by atoms with E-state index < -0.39 is 29.0 Å². The van der Waals surface area contributed by atoms with Crippen molar-refractivity contribution in [3.8, 4) is 0 Å². The molecule has 33 heavy (non-hydrogen) atoms. The minimum Gasteiger partial charge on any atom is -0.399 e. The largest absolute Gasteiger partial charge is 0.399 e. The topological polar surface area (TPSA) is 38.0 Å². The summed E-state index contributed by atoms with van der Waals surface area (Å²) in [5, 5.41) is 2.80. The lowest BCUT2D eigenvalue weighted by Gasteiger charge is -2.24. The molecule has 0 amide bonds. The van der Waals surface area contributed by atoms with E-state index in [1.807, 2.05) is 0 Å². The molecule has 0 saturated heterocycles. The predicted molar refractivity (Wildman–Crippen MR) is 118 cm³/mol. The highest BCUT2D eigenvalue weighted by molar-refractivity contribution is 5.79. The summed E-state index contributed by atoms with van der Waals surface area (Å²) in [6.45, 7) is 5.55. The minimum absolute atomic E-state index is 0.0293. The van der Waals surface area contributed by atoms with Crippen LogP contribution in [0.2, 0.25) is 0 Å². The number of rotatable bonds is 7. The van der Waals surface area contributed by atoms with Crippen molar-refractivity contribution in [2.45, 2.75) is 32.1 Å². The first-order valence-electron chi connectivity index (χ1n) is 9.95. The molecule has 0 aliphatic carbocycles. The summed E-state index contributed by atoms with van der Waals surface area (Å²) in [7, 11) is 0. The Kier molecular flexibility index (Phi) is 6.49. The van der Waals surface area contributed by atoms with Gasteiger partial charge in [-0.25, -0.2) is 8.78 Å². The average molecular weight is 464 g/mol. The molecule has 0 radical (unpaired) electrons. The van der Waals surface area contributed by atoms with Crippen LogP contribution in [0.3, 0.4) is 0 Å². The highest BCUT2D eigenvalue weighted by Gasteiger charge is 2.53. The van der Waals surface area contributed by atoms with Crippen molar-refractivity contribution in [2.24, 2.45) is 5.73 Å². The Morgan fingerprint density at radius 1 is 0.970 bits per heavy atom. The van der Waals surface area contributed by atoms with Crippen LogP contribution in [0.5, 0.6) is 0 Å². The van der Waals surface area contributed by atoms with Gasteiger partial charge in [0.1, 0.15) is 11.6 Å². The SMILES string of the molecule is C=C(N)c1c(Cc2cccc(C(F)(F)C(C)(F)F)c2)cc(F)cc1Nc1ccc(C)cc1F. The molecule has 0 heterocycles. The molecule has 3 aromatic carbocycles. The van der Waals surface area contributed by atoms with Crippen LogP contribution in [-0.4, -0.2) is 5.92 Å². The first kappa shape index (κ1) is 24.2. The maximum Gasteiger partial charge on any atom is 0.335 e. The van der Waals surface area contributed by atoms with Crippen LogP contribution < -0.4 is 11.1 Å². The van der Waals surface area contributed by atoms with E-state index in [1.165, 1.54) is 24.3 Å². The molecule has 0 aromatic heterocycles. The monoisotopic (exact) mass is 464 g/mol. The van der Waals surface area contributed by atoms with Gasteiger partial charge in [0, 0.05) is 23.7 Å². The van der Waals surface area contributed by atoms with Crippen molar-refractivity contribution in [1.29, 1.82) is 0 Å². The zero-order chi connectivity index (χ0) is 24.6. The maximum atomic E-state index is 14.4. The number of aryl methyl sites for hydroxylation is 1. The molecule has 3 N–H and O–H groups in total. The van der Waals surface area contributed by atoms with Gasteiger partial charge in [0.05, 0.1) is 11.4 Å². The normalized spacial score (nSPS) is 12.0. The van der Waals surface area contributed by atoms with E-state index in [0.29, 0.717) is 5.56 Å². The van der Waals surface area contributed by atoms with E-state index in [-0.39, 0.29) is 47.1 Å². The zero-order valence-electron chi connectivity index (χ0n) is 18.0. The third kappa shape index (κ3) is 5.16. The molecule has 0 unspecified atom stereocenters. The molecule has 3 rings (SSSR count). The molecular weight excluding hydrogens is 442 g/mol. The Hall–Kier alpha value is -3.42. The van der Waals surface area contributed by atoms with E-state index >= 15 is 0 Å². The Morgan fingerprint density at radius 2 is 1.67 bits per heavy atom. The lowest BCUT2D eigenvalue weighted by atomic mass is 9.94. The summed E-state index contributed by atoms with van der Waals surface area (Å²) in [5.41, 5.74) is 6.74. The molecule has 174 valence electrons. The van der Waals surface area contributed by atoms with Crippen molar-refractivity contribution in [3.05, 3.63) is 101 Å². The van der Waals surface area contributed by atoms with Crippen LogP contribution in [0, 0.1) is 18.6 Å². The van der Waals surface area contributed by atoms with Gasteiger partial charge in [-0.1, -0.05) is 30.8 Å². The summed E-state index contributed by atoms with van der Waals surface area (Å²) < 4.78 is 83.9. The van der Waals surface area contributed by atoms with Gasteiger partial charge in [0.25, 0.3) is 0 Å². The van der Waals surface area contributed by atoms with Crippen molar-refractivity contribution < 1.29 is 26.3 Å². The summed E-state index contributed by atoms with van der Waals surface area (Å²) in [5.74, 6) is -9.91. The minimum atomic E-state index is -4.39. The summed E-state index contributed by atoms with van der Waals surface area (Å²) >= 11 is 0. The number of halogens is 6. The van der Waals surface area contributed by atoms with Crippen molar-refractivity contribution >= 4 is 17.1 Å². The lowest BCUT2D eigenvalue weighted by Crippen LogP contribution is -2.34. The number of nitrogens with two attached hydrogens (primary N) is 1. The number of hydrogen-bond acceptors (Lipinski definition) is 2. The number of alkyl halides is 4. The van der Waals surface area contributed by atoms with Crippen LogP contribution in [0.1, 0.15) is 34.7 Å². The van der Waals surface area contributed by atoms with E-state index in [2.05, 4.69) is 11.9 Å². The molecule has 2 nitrogen and oxygen atoms in total. The number of nitrogens with one attached hydrogen (secondary N) is 1. The van der Waals surface area contributed by atoms with E-state index in [0.717, 1.165) is 24.3 Å². The number of benzene rings is 3. The van der Waals surface area contributed by atoms with Crippen molar-refractivity contribution in [3.63, 3.8) is 0 Å². The fraction of sp³-hybridized carbons (Fsp3) is 0.200. The zero-order valence-corrected chi connectivity index (χ0v) is 18.0. The van der Waals surface area contributed by atoms with Gasteiger partial charge >= 0.3 is 11.8 Å². The van der Waals surface area contributed by atoms with Gasteiger partial charge in [-0.2, -0.15) is 17.6 Å². The van der Waals surface area contributed by atoms with Gasteiger partial charge in [-0.15, -0.1) is 0 Å². The smallest absolute Gasteiger partial charge is 0.335 e. The third-order valence-corrected chi connectivity index (χ3v) is 5.14. The maximum absolute atomic E-state index is 14.4. The fourth-order valence-electron chi connectivity index (χ4n) is 3.50. The number of anilines is 2. The second-order valence-electron chi connectivity index (χ2n) is 7.96. The summed E-state index contributed by atoms with van der Waals surface area (Å²) in [6.07, 6.45) is -0.104. The van der Waals surface area contributed by atoms with Crippen molar-refractivity contribution in [1.82, 2.24) is 0 Å². The van der Waals surface area contributed by atoms with Gasteiger partial charge in [-0.3, -0.25) is 0 Å². The third-order valence-electron chi connectivity index (χ3n) is 5.14. The first-order chi connectivity index (χ1) is 15.3. The van der Waals surface area contributed by atoms with Crippen LogP contribution in [0.4, 0.5) is 37.7 Å². The second kappa shape index (κ2) is 8.84. The average Bonchev–Trinajstić information content (AvgIpc) is 2.69. The molecular formula is C25H22F6N2. The van der Waals surface area contributed by atoms with E-state index in [9.17, 15) is 26.3 Å². The molecule has 0 spiro atoms. The Balaban J connectivity index is 2.04. The lowest BCUT2D eigenvalue weighted by molar-refractivity contribution is -0.204. The van der Waals surface area contributed by atoms with Crippen LogP contribution in [-0.2, 0) is 12.3 Å². The molecule has 0 fully saturated rings. The standard InChI is InChI=1S/C25H22F6N2/c1-14-7-8-21(20(27)9-14)33-22-13-19(26)12-17(23(22)15(2)32)10-16-5-4-6-18(11-16)25(30,31)24(3,28)29/h4-9,11-13,33H,2,10,32H2,1,3H3. The molecule has 0 atom stereocenters. The van der Waals surface area contributed by atoms with Crippen LogP contribution in [0.25, 0.3) is 5.70 Å². The van der Waals surface area contributed by atoms with Gasteiger partial charge in [0.2, 0.25) is 0 Å². The molecule has 0 aliphatic heterocycles. The van der Waals surface area contributed by atoms with Crippen LogP contribution in [0.15, 0.2) is 61.2 Å². The molecule has 0 bridgehead atoms. The van der Waals surface area contributed by atoms with Gasteiger partial charge in [0.15, 0.2) is 0 Å². The van der Waals surface area contributed by atoms with E-state index in [1.54, 1.807) is 13.0 Å². The van der Waals surface area contributed by atoms with Gasteiger partial charge in [-0.05, 0) is 60.4 Å². The van der Waals surface area contributed by atoms with Crippen LogP contribution >= 0.6 is 0 Å². The fourth-order valence-corrected chi connectivity index (χ4v) is 3.50. The Morgan fingerprint density at radius 3 is 2.27 bits per heavy atom. The molecule has 0 saturated carbocycles. The first-order valence-corrected chi connectivity index (χ1v) is 9.95. The second-order valence-corrected chi connectivity index (χ2v) is 7.96. The number of hydrogen-bond donors (Lipinski definition) is 2. The Labute approximate surface area is 187 Å².